The van der Waals surface area contributed by atoms with E-state index < -0.39 is 6.10 Å². The number of hydrogen-bond acceptors (Lipinski definition) is 4. The Morgan fingerprint density at radius 2 is 1.96 bits per heavy atom. The fraction of sp³-hybridized carbons (Fsp3) is 0.591. The van der Waals surface area contributed by atoms with Crippen molar-refractivity contribution in [2.75, 3.05) is 7.11 Å². The Kier molecular flexibility index (Phi) is 7.70. The van der Waals surface area contributed by atoms with Gasteiger partial charge in [0, 0.05) is 6.08 Å². The van der Waals surface area contributed by atoms with Gasteiger partial charge in [-0.2, -0.15) is 0 Å². The first-order valence-corrected chi connectivity index (χ1v) is 9.59. The molecule has 0 aromatic heterocycles. The molecule has 1 aliphatic carbocycles. The lowest BCUT2D eigenvalue weighted by molar-refractivity contribution is -0.149. The minimum atomic E-state index is -0.650. The van der Waals surface area contributed by atoms with Gasteiger partial charge >= 0.3 is 5.97 Å². The zero-order valence-corrected chi connectivity index (χ0v) is 16.4. The molecule has 1 fully saturated rings. The summed E-state index contributed by atoms with van der Waals surface area (Å²) in [6, 6.07) is 7.28. The first kappa shape index (κ1) is 20.5. The Hall–Kier alpha value is -1.81. The van der Waals surface area contributed by atoms with Gasteiger partial charge in [0.05, 0.1) is 13.2 Å². The van der Waals surface area contributed by atoms with Crippen molar-refractivity contribution in [3.05, 3.63) is 42.0 Å². The number of aliphatic hydroxyl groups excluding tert-OH is 1. The molecule has 144 valence electrons. The number of carbonyl (C=O) groups is 1. The molecule has 0 amide bonds. The predicted molar refractivity (Wildman–Crippen MR) is 103 cm³/mol. The maximum atomic E-state index is 12.2. The zero-order chi connectivity index (χ0) is 19.1. The molecule has 1 unspecified atom stereocenters. The Bertz CT molecular complexity index is 591. The minimum Gasteiger partial charge on any atom is -0.497 e. The molecule has 1 aromatic rings. The Labute approximate surface area is 157 Å². The summed E-state index contributed by atoms with van der Waals surface area (Å²) in [7, 11) is 1.61. The van der Waals surface area contributed by atoms with Gasteiger partial charge in [0.2, 0.25) is 0 Å². The molecule has 4 heteroatoms. The average molecular weight is 360 g/mol. The van der Waals surface area contributed by atoms with Crippen molar-refractivity contribution in [2.45, 2.75) is 58.7 Å². The number of esters is 1. The van der Waals surface area contributed by atoms with Crippen molar-refractivity contribution in [1.29, 1.82) is 0 Å². The minimum absolute atomic E-state index is 0.00223. The monoisotopic (exact) mass is 360 g/mol. The van der Waals surface area contributed by atoms with Crippen LogP contribution in [0.3, 0.4) is 0 Å². The van der Waals surface area contributed by atoms with Crippen LogP contribution in [0.15, 0.2) is 36.4 Å². The van der Waals surface area contributed by atoms with Crippen LogP contribution in [-0.4, -0.2) is 24.3 Å². The van der Waals surface area contributed by atoms with Crippen molar-refractivity contribution in [3.63, 3.8) is 0 Å². The molecular formula is C22H32O4. The highest BCUT2D eigenvalue weighted by atomic mass is 16.5. The number of carbonyl (C=O) groups excluding carboxylic acids is 1. The van der Waals surface area contributed by atoms with Gasteiger partial charge in [-0.15, -0.1) is 0 Å². The van der Waals surface area contributed by atoms with E-state index in [0.29, 0.717) is 24.2 Å². The number of benzene rings is 1. The third kappa shape index (κ3) is 5.87. The van der Waals surface area contributed by atoms with E-state index in [9.17, 15) is 9.90 Å². The summed E-state index contributed by atoms with van der Waals surface area (Å²) >= 11 is 0. The highest BCUT2D eigenvalue weighted by Gasteiger charge is 2.32. The smallest absolute Gasteiger partial charge is 0.330 e. The molecular weight excluding hydrogens is 328 g/mol. The second kappa shape index (κ2) is 9.77. The maximum Gasteiger partial charge on any atom is 0.330 e. The molecule has 1 N–H and O–H groups in total. The van der Waals surface area contributed by atoms with E-state index in [1.165, 1.54) is 12.5 Å². The number of hydrogen-bond donors (Lipinski definition) is 1. The molecule has 0 bridgehead atoms. The van der Waals surface area contributed by atoms with E-state index >= 15 is 0 Å². The van der Waals surface area contributed by atoms with Crippen molar-refractivity contribution in [3.8, 4) is 5.75 Å². The van der Waals surface area contributed by atoms with E-state index in [-0.39, 0.29) is 12.1 Å². The number of aliphatic hydroxyl groups is 1. The van der Waals surface area contributed by atoms with Crippen molar-refractivity contribution >= 4 is 5.97 Å². The lowest BCUT2D eigenvalue weighted by Gasteiger charge is -2.36. The molecule has 1 saturated carbocycles. The third-order valence-electron chi connectivity index (χ3n) is 5.34. The lowest BCUT2D eigenvalue weighted by atomic mass is 9.75. The van der Waals surface area contributed by atoms with E-state index in [2.05, 4.69) is 20.8 Å². The molecule has 1 aliphatic rings. The van der Waals surface area contributed by atoms with Crippen LogP contribution in [-0.2, 0) is 9.53 Å². The predicted octanol–water partition coefficient (Wildman–Crippen LogP) is 4.68. The Morgan fingerprint density at radius 1 is 1.27 bits per heavy atom. The second-order valence-corrected chi connectivity index (χ2v) is 7.73. The van der Waals surface area contributed by atoms with Crippen LogP contribution >= 0.6 is 0 Å². The number of methoxy groups -OCH3 is 1. The van der Waals surface area contributed by atoms with E-state index in [4.69, 9.17) is 9.47 Å². The number of rotatable bonds is 7. The van der Waals surface area contributed by atoms with Crippen LogP contribution in [0.4, 0.5) is 0 Å². The Morgan fingerprint density at radius 3 is 2.58 bits per heavy atom. The van der Waals surface area contributed by atoms with Gasteiger partial charge in [0.25, 0.3) is 0 Å². The molecule has 0 saturated heterocycles. The van der Waals surface area contributed by atoms with Gasteiger partial charge in [-0.1, -0.05) is 45.4 Å². The second-order valence-electron chi connectivity index (χ2n) is 7.73. The first-order chi connectivity index (χ1) is 12.4. The highest BCUT2D eigenvalue weighted by Crippen LogP contribution is 2.35. The van der Waals surface area contributed by atoms with Gasteiger partial charge in [-0.25, -0.2) is 4.79 Å². The average Bonchev–Trinajstić information content (AvgIpc) is 2.61. The third-order valence-corrected chi connectivity index (χ3v) is 5.34. The maximum absolute atomic E-state index is 12.2. The van der Waals surface area contributed by atoms with Crippen LogP contribution in [0, 0.1) is 17.8 Å². The summed E-state index contributed by atoms with van der Waals surface area (Å²) < 4.78 is 10.8. The topological polar surface area (TPSA) is 55.8 Å². The summed E-state index contributed by atoms with van der Waals surface area (Å²) in [5.41, 5.74) is 0.796. The van der Waals surface area contributed by atoms with Crippen LogP contribution in [0.5, 0.6) is 5.75 Å². The van der Waals surface area contributed by atoms with Crippen molar-refractivity contribution in [2.24, 2.45) is 17.8 Å². The fourth-order valence-electron chi connectivity index (χ4n) is 3.69. The molecule has 0 spiro atoms. The summed E-state index contributed by atoms with van der Waals surface area (Å²) in [6.45, 7) is 6.61. The van der Waals surface area contributed by atoms with Crippen LogP contribution in [0.25, 0.3) is 0 Å². The molecule has 26 heavy (non-hydrogen) atoms. The molecule has 2 rings (SSSR count). The first-order valence-electron chi connectivity index (χ1n) is 9.59. The molecule has 0 radical (unpaired) electrons. The van der Waals surface area contributed by atoms with Crippen molar-refractivity contribution in [1.82, 2.24) is 0 Å². The summed E-state index contributed by atoms with van der Waals surface area (Å²) in [5, 5.41) is 10.2. The summed E-state index contributed by atoms with van der Waals surface area (Å²) in [4.78, 5) is 12.2. The zero-order valence-electron chi connectivity index (χ0n) is 16.4. The van der Waals surface area contributed by atoms with E-state index in [1.807, 2.05) is 24.3 Å². The highest BCUT2D eigenvalue weighted by molar-refractivity contribution is 5.82. The van der Waals surface area contributed by atoms with Crippen LogP contribution in [0.1, 0.15) is 58.1 Å². The Balaban J connectivity index is 1.85. The van der Waals surface area contributed by atoms with E-state index in [0.717, 1.165) is 24.2 Å². The van der Waals surface area contributed by atoms with Gasteiger partial charge in [-0.05, 0) is 54.7 Å². The lowest BCUT2D eigenvalue weighted by Crippen LogP contribution is -2.35. The molecule has 0 aliphatic heterocycles. The largest absolute Gasteiger partial charge is 0.497 e. The van der Waals surface area contributed by atoms with Crippen molar-refractivity contribution < 1.29 is 19.4 Å². The molecule has 1 aromatic carbocycles. The quantitative estimate of drug-likeness (QED) is 0.567. The fourth-order valence-corrected chi connectivity index (χ4v) is 3.69. The summed E-state index contributed by atoms with van der Waals surface area (Å²) in [5.74, 6) is 2.00. The van der Waals surface area contributed by atoms with Crippen LogP contribution < -0.4 is 4.74 Å². The summed E-state index contributed by atoms with van der Waals surface area (Å²) in [6.07, 6.45) is 6.13. The van der Waals surface area contributed by atoms with Crippen LogP contribution in [0.2, 0.25) is 0 Å². The normalized spacial score (nSPS) is 24.6. The van der Waals surface area contributed by atoms with Gasteiger partial charge < -0.3 is 14.6 Å². The number of ether oxygens (including phenoxy) is 2. The molecule has 4 atom stereocenters. The van der Waals surface area contributed by atoms with Gasteiger partial charge in [-0.3, -0.25) is 0 Å². The van der Waals surface area contributed by atoms with Gasteiger partial charge in [0.1, 0.15) is 11.9 Å². The van der Waals surface area contributed by atoms with Gasteiger partial charge in [0.15, 0.2) is 0 Å². The SMILES string of the molecule is COc1ccc(C(O)C/C=C/C(=O)O[C@@H]2C[C@H](C)CC[C@H]2C(C)C)cc1. The standard InChI is InChI=1S/C22H32O4/c1-15(2)19-13-8-16(3)14-21(19)26-22(24)7-5-6-20(23)17-9-11-18(25-4)12-10-17/h5,7,9-12,15-16,19-21,23H,6,8,13-14H2,1-4H3/b7-5+/t16-,19+,20?,21-/m1/s1. The molecule has 0 heterocycles. The van der Waals surface area contributed by atoms with E-state index in [1.54, 1.807) is 13.2 Å². The molecule has 4 nitrogen and oxygen atoms in total.